The summed E-state index contributed by atoms with van der Waals surface area (Å²) in [6, 6.07) is 3.92. The van der Waals surface area contributed by atoms with Crippen molar-refractivity contribution in [1.29, 1.82) is 0 Å². The molecule has 5 nitrogen and oxygen atoms in total. The van der Waals surface area contributed by atoms with Gasteiger partial charge >= 0.3 is 0 Å². The van der Waals surface area contributed by atoms with Crippen LogP contribution < -0.4 is 10.2 Å². The number of aromatic nitrogens is 3. The molecule has 22 heavy (non-hydrogen) atoms. The van der Waals surface area contributed by atoms with Gasteiger partial charge in [0.2, 0.25) is 0 Å². The highest BCUT2D eigenvalue weighted by Crippen LogP contribution is 2.21. The first kappa shape index (κ1) is 14.8. The second-order valence-corrected chi connectivity index (χ2v) is 5.72. The third kappa shape index (κ3) is 3.06. The Kier molecular flexibility index (Phi) is 4.29. The van der Waals surface area contributed by atoms with Crippen molar-refractivity contribution >= 4 is 5.69 Å². The first-order chi connectivity index (χ1) is 10.6. The van der Waals surface area contributed by atoms with Gasteiger partial charge in [0.05, 0.1) is 23.8 Å². The summed E-state index contributed by atoms with van der Waals surface area (Å²) in [5, 5.41) is 3.33. The van der Waals surface area contributed by atoms with Gasteiger partial charge in [0.15, 0.2) is 11.6 Å². The number of pyridine rings is 1. The van der Waals surface area contributed by atoms with Gasteiger partial charge < -0.3 is 10.2 Å². The predicted octanol–water partition coefficient (Wildman–Crippen LogP) is 2.21. The van der Waals surface area contributed by atoms with E-state index in [1.165, 1.54) is 6.20 Å². The predicted molar refractivity (Wildman–Crippen MR) is 84.4 cm³/mol. The topological polar surface area (TPSA) is 53.9 Å². The summed E-state index contributed by atoms with van der Waals surface area (Å²) in [6.45, 7) is 7.75. The molecule has 1 aliphatic heterocycles. The number of nitrogens with zero attached hydrogens (tertiary/aromatic N) is 4. The molecule has 2 aromatic rings. The number of piperazine rings is 1. The van der Waals surface area contributed by atoms with Crippen LogP contribution in [0.4, 0.5) is 10.1 Å². The normalized spacial score (nSPS) is 15.4. The molecule has 0 aromatic carbocycles. The lowest BCUT2D eigenvalue weighted by atomic mass is 10.1. The third-order valence-electron chi connectivity index (χ3n) is 3.78. The van der Waals surface area contributed by atoms with Crippen molar-refractivity contribution in [2.45, 2.75) is 19.8 Å². The Morgan fingerprint density at radius 1 is 1.14 bits per heavy atom. The number of nitrogens with one attached hydrogen (secondary N) is 1. The van der Waals surface area contributed by atoms with Gasteiger partial charge in [-0.25, -0.2) is 14.4 Å². The Bertz CT molecular complexity index is 635. The van der Waals surface area contributed by atoms with Crippen LogP contribution in [0.2, 0.25) is 0 Å². The molecule has 0 radical (unpaired) electrons. The molecule has 116 valence electrons. The second kappa shape index (κ2) is 6.36. The van der Waals surface area contributed by atoms with Gasteiger partial charge in [0.25, 0.3) is 0 Å². The molecule has 1 saturated heterocycles. The lowest BCUT2D eigenvalue weighted by molar-refractivity contribution is 0.577. The summed E-state index contributed by atoms with van der Waals surface area (Å²) in [5.74, 6) is 0.120. The van der Waals surface area contributed by atoms with Crippen LogP contribution in [0.5, 0.6) is 0 Å². The molecule has 0 atom stereocenters. The van der Waals surface area contributed by atoms with Crippen LogP contribution in [0.1, 0.15) is 25.5 Å². The lowest BCUT2D eigenvalue weighted by Gasteiger charge is -2.29. The van der Waals surface area contributed by atoms with E-state index in [1.54, 1.807) is 0 Å². The zero-order valence-electron chi connectivity index (χ0n) is 12.9. The zero-order chi connectivity index (χ0) is 15.5. The molecule has 1 aliphatic rings. The Morgan fingerprint density at radius 3 is 2.55 bits per heavy atom. The van der Waals surface area contributed by atoms with E-state index in [1.807, 2.05) is 32.2 Å². The molecule has 6 heteroatoms. The van der Waals surface area contributed by atoms with Crippen molar-refractivity contribution in [3.63, 3.8) is 0 Å². The van der Waals surface area contributed by atoms with Gasteiger partial charge in [-0.15, -0.1) is 0 Å². The summed E-state index contributed by atoms with van der Waals surface area (Å²) >= 11 is 0. The summed E-state index contributed by atoms with van der Waals surface area (Å²) in [4.78, 5) is 15.1. The number of anilines is 1. The van der Waals surface area contributed by atoms with E-state index in [2.05, 4.69) is 25.2 Å². The van der Waals surface area contributed by atoms with E-state index >= 15 is 0 Å². The van der Waals surface area contributed by atoms with E-state index in [4.69, 9.17) is 0 Å². The smallest absolute Gasteiger partial charge is 0.178 e. The minimum Gasteiger partial charge on any atom is -0.368 e. The number of hydrogen-bond donors (Lipinski definition) is 1. The van der Waals surface area contributed by atoms with Crippen LogP contribution in [0.3, 0.4) is 0 Å². The highest BCUT2D eigenvalue weighted by Gasteiger charge is 2.14. The molecule has 0 bridgehead atoms. The van der Waals surface area contributed by atoms with Crippen molar-refractivity contribution in [3.8, 4) is 11.5 Å². The maximum absolute atomic E-state index is 13.7. The average molecular weight is 301 g/mol. The fraction of sp³-hybridized carbons (Fsp3) is 0.438. The molecule has 1 fully saturated rings. The van der Waals surface area contributed by atoms with Crippen LogP contribution in [-0.2, 0) is 0 Å². The number of halogens is 1. The van der Waals surface area contributed by atoms with Crippen LogP contribution in [0, 0.1) is 5.82 Å². The van der Waals surface area contributed by atoms with Crippen molar-refractivity contribution in [2.24, 2.45) is 0 Å². The molecule has 0 saturated carbocycles. The van der Waals surface area contributed by atoms with Gasteiger partial charge in [-0.1, -0.05) is 13.8 Å². The Balaban J connectivity index is 1.85. The molecule has 3 rings (SSSR count). The van der Waals surface area contributed by atoms with Crippen molar-refractivity contribution in [2.75, 3.05) is 31.1 Å². The quantitative estimate of drug-likeness (QED) is 0.942. The van der Waals surface area contributed by atoms with Gasteiger partial charge in [0.1, 0.15) is 5.69 Å². The zero-order valence-corrected chi connectivity index (χ0v) is 12.9. The standard InChI is InChI=1S/C16H20FN5/c1-11(2)15-13(17)10-20-16(21-15)14-4-3-12(9-19-14)22-7-5-18-6-8-22/h3-4,9-11,18H,5-8H2,1-2H3. The number of hydrogen-bond acceptors (Lipinski definition) is 5. The van der Waals surface area contributed by atoms with Gasteiger partial charge in [-0.05, 0) is 18.1 Å². The fourth-order valence-electron chi connectivity index (χ4n) is 2.54. The van der Waals surface area contributed by atoms with E-state index in [0.29, 0.717) is 17.2 Å². The maximum Gasteiger partial charge on any atom is 0.178 e. The maximum atomic E-state index is 13.7. The largest absolute Gasteiger partial charge is 0.368 e. The van der Waals surface area contributed by atoms with Crippen LogP contribution in [0.15, 0.2) is 24.5 Å². The monoisotopic (exact) mass is 301 g/mol. The fourth-order valence-corrected chi connectivity index (χ4v) is 2.54. The second-order valence-electron chi connectivity index (χ2n) is 5.72. The highest BCUT2D eigenvalue weighted by molar-refractivity contribution is 5.55. The van der Waals surface area contributed by atoms with Crippen LogP contribution >= 0.6 is 0 Å². The van der Waals surface area contributed by atoms with Gasteiger partial charge in [-0.2, -0.15) is 0 Å². The minimum atomic E-state index is -0.365. The SMILES string of the molecule is CC(C)c1nc(-c2ccc(N3CCNCC3)cn2)ncc1F. The number of rotatable bonds is 3. The lowest BCUT2D eigenvalue weighted by Crippen LogP contribution is -2.43. The molecular formula is C16H20FN5. The highest BCUT2D eigenvalue weighted by atomic mass is 19.1. The average Bonchev–Trinajstić information content (AvgIpc) is 2.56. The molecule has 0 unspecified atom stereocenters. The Hall–Kier alpha value is -2.08. The first-order valence-electron chi connectivity index (χ1n) is 7.59. The van der Waals surface area contributed by atoms with E-state index in [-0.39, 0.29) is 11.7 Å². The molecule has 1 N–H and O–H groups in total. The molecular weight excluding hydrogens is 281 g/mol. The molecule has 0 aliphatic carbocycles. The Morgan fingerprint density at radius 2 is 1.91 bits per heavy atom. The summed E-state index contributed by atoms with van der Waals surface area (Å²) in [6.07, 6.45) is 3.06. The first-order valence-corrected chi connectivity index (χ1v) is 7.59. The summed E-state index contributed by atoms with van der Waals surface area (Å²) in [7, 11) is 0. The summed E-state index contributed by atoms with van der Waals surface area (Å²) in [5.41, 5.74) is 2.19. The van der Waals surface area contributed by atoms with Crippen molar-refractivity contribution in [1.82, 2.24) is 20.3 Å². The summed E-state index contributed by atoms with van der Waals surface area (Å²) < 4.78 is 13.7. The molecule has 2 aromatic heterocycles. The minimum absolute atomic E-state index is 0.0156. The molecule has 3 heterocycles. The van der Waals surface area contributed by atoms with Crippen LogP contribution in [0.25, 0.3) is 11.5 Å². The van der Waals surface area contributed by atoms with Gasteiger partial charge in [-0.3, -0.25) is 4.98 Å². The molecule has 0 spiro atoms. The van der Waals surface area contributed by atoms with E-state index in [0.717, 1.165) is 31.9 Å². The van der Waals surface area contributed by atoms with Crippen molar-refractivity contribution < 1.29 is 4.39 Å². The van der Waals surface area contributed by atoms with Gasteiger partial charge in [0, 0.05) is 26.2 Å². The Labute approximate surface area is 129 Å². The third-order valence-corrected chi connectivity index (χ3v) is 3.78. The van der Waals surface area contributed by atoms with Crippen molar-refractivity contribution in [3.05, 3.63) is 36.0 Å². The molecule has 0 amide bonds. The van der Waals surface area contributed by atoms with Crippen LogP contribution in [-0.4, -0.2) is 41.1 Å². The van der Waals surface area contributed by atoms with E-state index in [9.17, 15) is 4.39 Å². The van der Waals surface area contributed by atoms with E-state index < -0.39 is 0 Å².